The molecule has 2 amide bonds. The van der Waals surface area contributed by atoms with Crippen LogP contribution >= 0.6 is 11.8 Å². The Bertz CT molecular complexity index is 1150. The molecule has 0 fully saturated rings. The summed E-state index contributed by atoms with van der Waals surface area (Å²) in [5, 5.41) is 11.7. The Balaban J connectivity index is 1.41. The minimum Gasteiger partial charge on any atom is -0.345 e. The van der Waals surface area contributed by atoms with E-state index in [2.05, 4.69) is 15.5 Å². The number of nitrogens with one attached hydrogen (secondary N) is 1. The van der Waals surface area contributed by atoms with Crippen LogP contribution in [0.4, 0.5) is 10.1 Å². The number of anilines is 1. The third-order valence-electron chi connectivity index (χ3n) is 5.29. The number of fused-ring (bicyclic) bond motifs is 1. The quantitative estimate of drug-likeness (QED) is 0.553. The van der Waals surface area contributed by atoms with E-state index in [9.17, 15) is 14.0 Å². The second kappa shape index (κ2) is 9.52. The molecule has 0 spiro atoms. The van der Waals surface area contributed by atoms with Gasteiger partial charge in [0.15, 0.2) is 11.0 Å². The zero-order valence-electron chi connectivity index (χ0n) is 17.9. The highest BCUT2D eigenvalue weighted by atomic mass is 32.2. The van der Waals surface area contributed by atoms with Crippen molar-refractivity contribution in [2.24, 2.45) is 0 Å². The monoisotopic (exact) mass is 453 g/mol. The molecule has 0 unspecified atom stereocenters. The zero-order chi connectivity index (χ0) is 22.7. The first-order valence-electron chi connectivity index (χ1n) is 10.4. The summed E-state index contributed by atoms with van der Waals surface area (Å²) in [6.07, 6.45) is 0.862. The van der Waals surface area contributed by atoms with Crippen molar-refractivity contribution in [1.82, 2.24) is 20.1 Å². The van der Waals surface area contributed by atoms with E-state index in [4.69, 9.17) is 0 Å². The van der Waals surface area contributed by atoms with Crippen LogP contribution in [0.25, 0.3) is 0 Å². The van der Waals surface area contributed by atoms with Crippen molar-refractivity contribution < 1.29 is 14.0 Å². The zero-order valence-corrected chi connectivity index (χ0v) is 18.7. The number of halogens is 1. The second-order valence-electron chi connectivity index (χ2n) is 7.74. The smallest absolute Gasteiger partial charge is 0.254 e. The van der Waals surface area contributed by atoms with Crippen molar-refractivity contribution in [3.63, 3.8) is 0 Å². The van der Waals surface area contributed by atoms with E-state index in [1.807, 2.05) is 47.6 Å². The summed E-state index contributed by atoms with van der Waals surface area (Å²) in [5.74, 6) is -0.285. The largest absolute Gasteiger partial charge is 0.345 e. The highest BCUT2D eigenvalue weighted by Crippen LogP contribution is 2.29. The molecular weight excluding hydrogens is 429 g/mol. The number of carbonyl (C=O) groups is 2. The molecule has 1 aromatic heterocycles. The Labute approximate surface area is 190 Å². The van der Waals surface area contributed by atoms with Gasteiger partial charge in [-0.1, -0.05) is 42.1 Å². The van der Waals surface area contributed by atoms with Crippen molar-refractivity contribution in [2.45, 2.75) is 38.0 Å². The van der Waals surface area contributed by atoms with E-state index < -0.39 is 11.7 Å². The highest BCUT2D eigenvalue weighted by molar-refractivity contribution is 7.99. The Kier molecular flexibility index (Phi) is 6.55. The number of hydrogen-bond acceptors (Lipinski definition) is 5. The lowest BCUT2D eigenvalue weighted by atomic mass is 10.2. The van der Waals surface area contributed by atoms with Crippen LogP contribution in [0, 0.1) is 5.82 Å². The van der Waals surface area contributed by atoms with E-state index in [1.165, 1.54) is 35.5 Å². The van der Waals surface area contributed by atoms with Gasteiger partial charge in [0.05, 0.1) is 17.9 Å². The second-order valence-corrected chi connectivity index (χ2v) is 8.68. The molecule has 9 heteroatoms. The van der Waals surface area contributed by atoms with Crippen LogP contribution in [0.1, 0.15) is 41.6 Å². The molecule has 0 aliphatic carbocycles. The molecule has 0 saturated carbocycles. The summed E-state index contributed by atoms with van der Waals surface area (Å²) in [6.45, 7) is 4.75. The van der Waals surface area contributed by atoms with Gasteiger partial charge in [-0.15, -0.1) is 10.2 Å². The van der Waals surface area contributed by atoms with E-state index in [1.54, 1.807) is 6.07 Å². The minimum atomic E-state index is -0.575. The van der Waals surface area contributed by atoms with Crippen LogP contribution in [-0.4, -0.2) is 38.9 Å². The van der Waals surface area contributed by atoms with Gasteiger partial charge in [0.1, 0.15) is 5.82 Å². The number of thioether (sulfide) groups is 1. The predicted octanol–water partition coefficient (Wildman–Crippen LogP) is 3.61. The first-order valence-corrected chi connectivity index (χ1v) is 11.4. The van der Waals surface area contributed by atoms with Crippen LogP contribution in [-0.2, 0) is 17.8 Å². The van der Waals surface area contributed by atoms with E-state index in [0.29, 0.717) is 17.5 Å². The lowest BCUT2D eigenvalue weighted by Crippen LogP contribution is -2.30. The number of carbonyl (C=O) groups excluding carboxylic acids is 2. The molecule has 2 heterocycles. The fourth-order valence-corrected chi connectivity index (χ4v) is 4.71. The van der Waals surface area contributed by atoms with Gasteiger partial charge < -0.3 is 14.8 Å². The van der Waals surface area contributed by atoms with Crippen molar-refractivity contribution in [1.29, 1.82) is 0 Å². The Morgan fingerprint density at radius 1 is 1.12 bits per heavy atom. The van der Waals surface area contributed by atoms with Crippen LogP contribution in [0.15, 0.2) is 53.7 Å². The first-order chi connectivity index (χ1) is 15.5. The number of amides is 2. The van der Waals surface area contributed by atoms with Crippen LogP contribution < -0.4 is 10.2 Å². The highest BCUT2D eigenvalue weighted by Gasteiger charge is 2.25. The van der Waals surface area contributed by atoms with E-state index in [-0.39, 0.29) is 29.8 Å². The number of para-hydroxylation sites is 1. The lowest BCUT2D eigenvalue weighted by Gasteiger charge is -2.18. The van der Waals surface area contributed by atoms with Crippen molar-refractivity contribution >= 4 is 29.3 Å². The van der Waals surface area contributed by atoms with Gasteiger partial charge in [0.2, 0.25) is 5.91 Å². The summed E-state index contributed by atoms with van der Waals surface area (Å²) in [4.78, 5) is 27.0. The maximum atomic E-state index is 13.8. The molecule has 1 N–H and O–H groups in total. The average Bonchev–Trinajstić information content (AvgIpc) is 3.40. The Hall–Kier alpha value is -3.20. The Morgan fingerprint density at radius 3 is 2.66 bits per heavy atom. The summed E-state index contributed by atoms with van der Waals surface area (Å²) < 4.78 is 15.7. The van der Waals surface area contributed by atoms with E-state index >= 15 is 0 Å². The topological polar surface area (TPSA) is 80.1 Å². The maximum absolute atomic E-state index is 13.8. The number of aromatic nitrogens is 3. The molecule has 32 heavy (non-hydrogen) atoms. The minimum absolute atomic E-state index is 0.0193. The molecule has 0 bridgehead atoms. The molecule has 1 aliphatic heterocycles. The Morgan fingerprint density at radius 2 is 1.88 bits per heavy atom. The third kappa shape index (κ3) is 4.52. The molecular formula is C23H24FN5O2S. The fraction of sp³-hybridized carbons (Fsp3) is 0.304. The number of benzene rings is 2. The number of rotatable bonds is 7. The maximum Gasteiger partial charge on any atom is 0.254 e. The average molecular weight is 454 g/mol. The van der Waals surface area contributed by atoms with Gasteiger partial charge in [-0.2, -0.15) is 0 Å². The molecule has 7 nitrogen and oxygen atoms in total. The van der Waals surface area contributed by atoms with Gasteiger partial charge in [-0.25, -0.2) is 4.39 Å². The van der Waals surface area contributed by atoms with Crippen LogP contribution in [0.5, 0.6) is 0 Å². The van der Waals surface area contributed by atoms with Gasteiger partial charge in [-0.3, -0.25) is 9.59 Å². The molecule has 166 valence electrons. The number of nitrogens with zero attached hydrogens (tertiary/aromatic N) is 4. The summed E-state index contributed by atoms with van der Waals surface area (Å²) >= 11 is 1.32. The summed E-state index contributed by atoms with van der Waals surface area (Å²) in [7, 11) is 0. The molecule has 3 aromatic rings. The van der Waals surface area contributed by atoms with Crippen molar-refractivity contribution in [3.8, 4) is 0 Å². The molecule has 0 saturated heterocycles. The molecule has 1 aliphatic rings. The lowest BCUT2D eigenvalue weighted by molar-refractivity contribution is -0.116. The molecule has 0 radical (unpaired) electrons. The fourth-order valence-electron chi connectivity index (χ4n) is 3.75. The molecule has 0 atom stereocenters. The third-order valence-corrected chi connectivity index (χ3v) is 6.22. The molecule has 4 rings (SSSR count). The van der Waals surface area contributed by atoms with Gasteiger partial charge >= 0.3 is 0 Å². The molecule has 2 aromatic carbocycles. The summed E-state index contributed by atoms with van der Waals surface area (Å²) in [5.41, 5.74) is 2.14. The van der Waals surface area contributed by atoms with Gasteiger partial charge in [0.25, 0.3) is 5.91 Å². The van der Waals surface area contributed by atoms with E-state index in [0.717, 1.165) is 12.1 Å². The van der Waals surface area contributed by atoms with Crippen LogP contribution in [0.3, 0.4) is 0 Å². The SMILES string of the molecule is CC(C)n1c(CNC(=O)c2ccccc2F)nnc1SCC(=O)N1CCc2ccccc21. The first kappa shape index (κ1) is 22.0. The van der Waals surface area contributed by atoms with Crippen LogP contribution in [0.2, 0.25) is 0 Å². The number of hydrogen-bond donors (Lipinski definition) is 1. The van der Waals surface area contributed by atoms with Gasteiger partial charge in [0, 0.05) is 18.3 Å². The van der Waals surface area contributed by atoms with Crippen molar-refractivity contribution in [3.05, 3.63) is 71.3 Å². The summed E-state index contributed by atoms with van der Waals surface area (Å²) in [6, 6.07) is 13.8. The normalized spacial score (nSPS) is 12.8. The van der Waals surface area contributed by atoms with Gasteiger partial charge in [-0.05, 0) is 44.0 Å². The standard InChI is InChI=1S/C23H24FN5O2S/c1-15(2)29-20(13-25-22(31)17-8-4-5-9-18(17)24)26-27-23(29)32-14-21(30)28-12-11-16-7-3-6-10-19(16)28/h3-10,15H,11-14H2,1-2H3,(H,25,31). The van der Waals surface area contributed by atoms with Crippen molar-refractivity contribution in [2.75, 3.05) is 17.2 Å². The predicted molar refractivity (Wildman–Crippen MR) is 121 cm³/mol.